The number of piperidine rings is 1. The van der Waals surface area contributed by atoms with E-state index < -0.39 is 10.0 Å². The molecule has 0 aliphatic carbocycles. The Morgan fingerprint density at radius 1 is 1.08 bits per heavy atom. The summed E-state index contributed by atoms with van der Waals surface area (Å²) in [5.41, 5.74) is 4.62. The van der Waals surface area contributed by atoms with Crippen LogP contribution in [-0.4, -0.2) is 35.6 Å². The number of benzene rings is 1. The molecule has 1 aromatic heterocycles. The van der Waals surface area contributed by atoms with Crippen LogP contribution in [0, 0.1) is 20.8 Å². The fourth-order valence-corrected chi connectivity index (χ4v) is 5.41. The summed E-state index contributed by atoms with van der Waals surface area (Å²) < 4.78 is 28.9. The lowest BCUT2D eigenvalue weighted by atomic mass is 9.87. The number of hydrogen-bond acceptors (Lipinski definition) is 3. The van der Waals surface area contributed by atoms with Gasteiger partial charge in [-0.15, -0.1) is 0 Å². The van der Waals surface area contributed by atoms with Gasteiger partial charge in [-0.2, -0.15) is 9.40 Å². The molecule has 2 heterocycles. The minimum atomic E-state index is -3.47. The molecule has 0 spiro atoms. The summed E-state index contributed by atoms with van der Waals surface area (Å²) in [6, 6.07) is 6.53. The Labute approximate surface area is 144 Å². The molecule has 5 nitrogen and oxygen atoms in total. The predicted octanol–water partition coefficient (Wildman–Crippen LogP) is 2.91. The highest BCUT2D eigenvalue weighted by Crippen LogP contribution is 2.33. The van der Waals surface area contributed by atoms with E-state index in [1.165, 1.54) is 21.4 Å². The van der Waals surface area contributed by atoms with Crippen LogP contribution in [0.2, 0.25) is 0 Å². The Kier molecular flexibility index (Phi) is 4.53. The van der Waals surface area contributed by atoms with Crippen molar-refractivity contribution in [2.75, 3.05) is 13.1 Å². The van der Waals surface area contributed by atoms with Crippen LogP contribution in [0.3, 0.4) is 0 Å². The molecule has 1 aliphatic rings. The maximum absolute atomic E-state index is 12.9. The van der Waals surface area contributed by atoms with Crippen molar-refractivity contribution in [1.29, 1.82) is 0 Å². The molecule has 1 aromatic carbocycles. The second kappa shape index (κ2) is 6.33. The lowest BCUT2D eigenvalue weighted by Gasteiger charge is -2.32. The Balaban J connectivity index is 1.79. The molecule has 0 radical (unpaired) electrons. The van der Waals surface area contributed by atoms with Gasteiger partial charge in [0.05, 0.1) is 6.20 Å². The normalized spacial score (nSPS) is 17.3. The maximum Gasteiger partial charge on any atom is 0.260 e. The second-order valence-corrected chi connectivity index (χ2v) is 8.65. The molecule has 1 aliphatic heterocycles. The summed E-state index contributed by atoms with van der Waals surface area (Å²) >= 11 is 0. The summed E-state index contributed by atoms with van der Waals surface area (Å²) in [4.78, 5) is 0. The van der Waals surface area contributed by atoms with Gasteiger partial charge in [0.1, 0.15) is 0 Å². The third-order valence-corrected chi connectivity index (χ3v) is 7.09. The van der Waals surface area contributed by atoms with Gasteiger partial charge in [0.25, 0.3) is 10.0 Å². The molecule has 0 amide bonds. The van der Waals surface area contributed by atoms with Crippen LogP contribution >= 0.6 is 0 Å². The average Bonchev–Trinajstić information content (AvgIpc) is 2.89. The lowest BCUT2D eigenvalue weighted by molar-refractivity contribution is 0.316. The Hall–Kier alpha value is -1.66. The number of rotatable bonds is 3. The number of hydrogen-bond donors (Lipinski definition) is 0. The Morgan fingerprint density at radius 3 is 2.33 bits per heavy atom. The van der Waals surface area contributed by atoms with Crippen molar-refractivity contribution in [3.63, 3.8) is 0 Å². The van der Waals surface area contributed by atoms with E-state index in [9.17, 15) is 8.42 Å². The zero-order chi connectivity index (χ0) is 17.5. The first kappa shape index (κ1) is 17.2. The molecule has 1 fully saturated rings. The number of aryl methyl sites for hydroxylation is 4. The standard InChI is InChI=1S/C18H25N3O2S/c1-13-5-6-14(2)17(11-13)16-7-9-21(10-8-16)24(22,23)18-15(3)12-19-20(18)4/h5-6,11-12,16H,7-10H2,1-4H3. The van der Waals surface area contributed by atoms with Crippen LogP contribution in [0.5, 0.6) is 0 Å². The van der Waals surface area contributed by atoms with Crippen molar-refractivity contribution >= 4 is 10.0 Å². The zero-order valence-corrected chi connectivity index (χ0v) is 15.6. The van der Waals surface area contributed by atoms with E-state index in [4.69, 9.17) is 0 Å². The molecule has 6 heteroatoms. The van der Waals surface area contributed by atoms with Gasteiger partial charge in [-0.3, -0.25) is 4.68 Å². The Bertz CT molecular complexity index is 828. The summed E-state index contributed by atoms with van der Waals surface area (Å²) in [6.45, 7) is 7.16. The first-order valence-corrected chi connectivity index (χ1v) is 9.80. The number of nitrogens with zero attached hydrogens (tertiary/aromatic N) is 3. The molecule has 0 bridgehead atoms. The van der Waals surface area contributed by atoms with Gasteiger partial charge in [-0.1, -0.05) is 23.8 Å². The summed E-state index contributed by atoms with van der Waals surface area (Å²) in [7, 11) is -1.79. The van der Waals surface area contributed by atoms with E-state index in [2.05, 4.69) is 37.1 Å². The SMILES string of the molecule is Cc1ccc(C)c(C2CCN(S(=O)(=O)c3c(C)cnn3C)CC2)c1. The molecule has 0 saturated carbocycles. The van der Waals surface area contributed by atoms with E-state index in [1.54, 1.807) is 24.5 Å². The first-order valence-electron chi connectivity index (χ1n) is 8.36. The van der Waals surface area contributed by atoms with Gasteiger partial charge in [-0.25, -0.2) is 8.42 Å². The minimum absolute atomic E-state index is 0.313. The highest BCUT2D eigenvalue weighted by atomic mass is 32.2. The largest absolute Gasteiger partial charge is 0.260 e. The lowest BCUT2D eigenvalue weighted by Crippen LogP contribution is -2.39. The van der Waals surface area contributed by atoms with Crippen molar-refractivity contribution in [1.82, 2.24) is 14.1 Å². The quantitative estimate of drug-likeness (QED) is 0.858. The Morgan fingerprint density at radius 2 is 1.75 bits per heavy atom. The van der Waals surface area contributed by atoms with E-state index in [0.717, 1.165) is 12.8 Å². The molecular formula is C18H25N3O2S. The number of aromatic nitrogens is 2. The number of sulfonamides is 1. The fourth-order valence-electron chi connectivity index (χ4n) is 3.64. The van der Waals surface area contributed by atoms with Gasteiger partial charge in [-0.05, 0) is 50.7 Å². The first-order chi connectivity index (χ1) is 11.3. The molecule has 24 heavy (non-hydrogen) atoms. The molecule has 2 aromatic rings. The van der Waals surface area contributed by atoms with Crippen LogP contribution in [0.15, 0.2) is 29.4 Å². The second-order valence-electron chi connectivity index (χ2n) is 6.79. The molecule has 1 saturated heterocycles. The average molecular weight is 347 g/mol. The van der Waals surface area contributed by atoms with Gasteiger partial charge in [0.15, 0.2) is 5.03 Å². The van der Waals surface area contributed by atoms with Crippen LogP contribution < -0.4 is 0 Å². The van der Waals surface area contributed by atoms with E-state index >= 15 is 0 Å². The molecule has 3 rings (SSSR count). The predicted molar refractivity (Wildman–Crippen MR) is 94.6 cm³/mol. The van der Waals surface area contributed by atoms with E-state index in [1.807, 2.05) is 0 Å². The van der Waals surface area contributed by atoms with Crippen molar-refractivity contribution in [2.24, 2.45) is 7.05 Å². The van der Waals surface area contributed by atoms with Crippen molar-refractivity contribution < 1.29 is 8.42 Å². The summed E-state index contributed by atoms with van der Waals surface area (Å²) in [5.74, 6) is 0.434. The van der Waals surface area contributed by atoms with Crippen molar-refractivity contribution in [2.45, 2.75) is 44.6 Å². The molecule has 0 atom stereocenters. The van der Waals surface area contributed by atoms with E-state index in [-0.39, 0.29) is 0 Å². The fraction of sp³-hybridized carbons (Fsp3) is 0.500. The zero-order valence-electron chi connectivity index (χ0n) is 14.8. The molecule has 0 unspecified atom stereocenters. The van der Waals surface area contributed by atoms with Gasteiger partial charge < -0.3 is 0 Å². The molecule has 0 N–H and O–H groups in total. The van der Waals surface area contributed by atoms with Crippen molar-refractivity contribution in [3.8, 4) is 0 Å². The van der Waals surface area contributed by atoms with E-state index in [0.29, 0.717) is 29.6 Å². The molecule has 130 valence electrons. The van der Waals surface area contributed by atoms with Crippen LogP contribution in [0.4, 0.5) is 0 Å². The summed E-state index contributed by atoms with van der Waals surface area (Å²) in [6.07, 6.45) is 3.33. The highest BCUT2D eigenvalue weighted by Gasteiger charge is 2.33. The summed E-state index contributed by atoms with van der Waals surface area (Å²) in [5, 5.41) is 4.38. The monoisotopic (exact) mass is 347 g/mol. The third kappa shape index (κ3) is 3.00. The third-order valence-electron chi connectivity index (χ3n) is 4.97. The maximum atomic E-state index is 12.9. The highest BCUT2D eigenvalue weighted by molar-refractivity contribution is 7.89. The van der Waals surface area contributed by atoms with Crippen LogP contribution in [0.25, 0.3) is 0 Å². The smallest absolute Gasteiger partial charge is 0.256 e. The molecular weight excluding hydrogens is 322 g/mol. The van der Waals surface area contributed by atoms with Gasteiger partial charge >= 0.3 is 0 Å². The van der Waals surface area contributed by atoms with Crippen LogP contribution in [-0.2, 0) is 17.1 Å². The van der Waals surface area contributed by atoms with Crippen LogP contribution in [0.1, 0.15) is 41.0 Å². The van der Waals surface area contributed by atoms with Crippen molar-refractivity contribution in [3.05, 3.63) is 46.6 Å². The minimum Gasteiger partial charge on any atom is -0.256 e. The van der Waals surface area contributed by atoms with Gasteiger partial charge in [0.2, 0.25) is 0 Å². The van der Waals surface area contributed by atoms with Gasteiger partial charge in [0, 0.05) is 25.7 Å². The topological polar surface area (TPSA) is 55.2 Å².